The highest BCUT2D eigenvalue weighted by Crippen LogP contribution is 2.24. The van der Waals surface area contributed by atoms with Gasteiger partial charge in [-0.3, -0.25) is 0 Å². The molecule has 0 aromatic heterocycles. The molecule has 1 N–H and O–H groups in total. The zero-order chi connectivity index (χ0) is 5.82. The third kappa shape index (κ3) is 1.67. The van der Waals surface area contributed by atoms with Crippen LogP contribution in [-0.4, -0.2) is 24.6 Å². The van der Waals surface area contributed by atoms with Crippen LogP contribution in [-0.2, 0) is 0 Å². The molecule has 1 fully saturated rings. The Morgan fingerprint density at radius 1 is 1.75 bits per heavy atom. The van der Waals surface area contributed by atoms with Crippen molar-refractivity contribution in [3.05, 3.63) is 0 Å². The number of thioether (sulfide) groups is 1. The minimum absolute atomic E-state index is 0.917. The average Bonchev–Trinajstić information content (AvgIpc) is 2.19. The van der Waals surface area contributed by atoms with Crippen LogP contribution in [0.4, 0.5) is 0 Å². The Bertz CT molecular complexity index is 59.5. The van der Waals surface area contributed by atoms with Crippen LogP contribution in [0, 0.1) is 0 Å². The van der Waals surface area contributed by atoms with E-state index in [0.717, 1.165) is 5.25 Å². The van der Waals surface area contributed by atoms with Crippen LogP contribution in [0.25, 0.3) is 0 Å². The maximum Gasteiger partial charge on any atom is 0.0172 e. The van der Waals surface area contributed by atoms with Crippen molar-refractivity contribution in [3.8, 4) is 0 Å². The summed E-state index contributed by atoms with van der Waals surface area (Å²) in [6.07, 6.45) is 2.85. The van der Waals surface area contributed by atoms with E-state index in [0.29, 0.717) is 0 Å². The first kappa shape index (κ1) is 6.43. The highest BCUT2D eigenvalue weighted by atomic mass is 32.2. The third-order valence-electron chi connectivity index (χ3n) is 1.46. The van der Waals surface area contributed by atoms with Gasteiger partial charge in [0, 0.05) is 11.8 Å². The summed E-state index contributed by atoms with van der Waals surface area (Å²) in [5.74, 6) is 1.38. The molecule has 1 aliphatic rings. The fourth-order valence-corrected chi connectivity index (χ4v) is 2.32. The Labute approximate surface area is 55.2 Å². The van der Waals surface area contributed by atoms with Gasteiger partial charge in [0.25, 0.3) is 0 Å². The Morgan fingerprint density at radius 3 is 3.12 bits per heavy atom. The molecule has 0 amide bonds. The van der Waals surface area contributed by atoms with E-state index in [2.05, 4.69) is 17.1 Å². The van der Waals surface area contributed by atoms with Crippen molar-refractivity contribution in [2.75, 3.05) is 19.3 Å². The summed E-state index contributed by atoms with van der Waals surface area (Å²) in [7, 11) is 2.03. The van der Waals surface area contributed by atoms with E-state index in [-0.39, 0.29) is 0 Å². The maximum atomic E-state index is 3.19. The van der Waals surface area contributed by atoms with Gasteiger partial charge in [0.15, 0.2) is 0 Å². The van der Waals surface area contributed by atoms with Crippen LogP contribution in [0.5, 0.6) is 0 Å². The Kier molecular flexibility index (Phi) is 2.70. The van der Waals surface area contributed by atoms with Crippen molar-refractivity contribution >= 4 is 11.8 Å². The molecule has 1 atom stereocenters. The number of hydrogen-bond donors (Lipinski definition) is 1. The first-order chi connectivity index (χ1) is 3.93. The molecule has 8 heavy (non-hydrogen) atoms. The molecule has 1 aliphatic heterocycles. The van der Waals surface area contributed by atoms with Gasteiger partial charge in [-0.05, 0) is 25.6 Å². The van der Waals surface area contributed by atoms with Crippen molar-refractivity contribution in [3.63, 3.8) is 0 Å². The van der Waals surface area contributed by atoms with E-state index < -0.39 is 0 Å². The molecule has 1 heterocycles. The second-order valence-corrected chi connectivity index (χ2v) is 3.60. The fourth-order valence-electron chi connectivity index (χ4n) is 1.03. The zero-order valence-electron chi connectivity index (χ0n) is 5.31. The van der Waals surface area contributed by atoms with Crippen LogP contribution >= 0.6 is 11.8 Å². The molecule has 2 heteroatoms. The smallest absolute Gasteiger partial charge is 0.0172 e. The summed E-state index contributed by atoms with van der Waals surface area (Å²) in [6.45, 7) is 1.20. The predicted octanol–water partition coefficient (Wildman–Crippen LogP) is 1.10. The molecule has 1 rings (SSSR count). The van der Waals surface area contributed by atoms with Gasteiger partial charge in [-0.25, -0.2) is 0 Å². The van der Waals surface area contributed by atoms with Crippen LogP contribution in [0.2, 0.25) is 0 Å². The summed E-state index contributed by atoms with van der Waals surface area (Å²) < 4.78 is 0. The van der Waals surface area contributed by atoms with Gasteiger partial charge in [-0.2, -0.15) is 11.8 Å². The second kappa shape index (κ2) is 3.36. The maximum absolute atomic E-state index is 3.19. The van der Waals surface area contributed by atoms with E-state index in [1.54, 1.807) is 0 Å². The molecule has 0 bridgehead atoms. The van der Waals surface area contributed by atoms with Gasteiger partial charge < -0.3 is 5.32 Å². The molecule has 0 radical (unpaired) electrons. The normalized spacial score (nSPS) is 28.9. The van der Waals surface area contributed by atoms with Gasteiger partial charge in [-0.1, -0.05) is 0 Å². The summed E-state index contributed by atoms with van der Waals surface area (Å²) >= 11 is 2.10. The van der Waals surface area contributed by atoms with Gasteiger partial charge in [0.2, 0.25) is 0 Å². The molecule has 1 saturated heterocycles. The van der Waals surface area contributed by atoms with Crippen molar-refractivity contribution in [2.24, 2.45) is 0 Å². The lowest BCUT2D eigenvalue weighted by Gasteiger charge is -2.04. The molecule has 0 spiro atoms. The summed E-state index contributed by atoms with van der Waals surface area (Å²) in [5.41, 5.74) is 0. The van der Waals surface area contributed by atoms with Crippen LogP contribution in [0.1, 0.15) is 12.8 Å². The fraction of sp³-hybridized carbons (Fsp3) is 1.00. The van der Waals surface area contributed by atoms with E-state index in [1.807, 2.05) is 7.05 Å². The predicted molar refractivity (Wildman–Crippen MR) is 39.4 cm³/mol. The Hall–Kier alpha value is 0.310. The van der Waals surface area contributed by atoms with Crippen LogP contribution in [0.3, 0.4) is 0 Å². The van der Waals surface area contributed by atoms with E-state index in [4.69, 9.17) is 0 Å². The van der Waals surface area contributed by atoms with E-state index in [9.17, 15) is 0 Å². The van der Waals surface area contributed by atoms with Crippen molar-refractivity contribution in [1.29, 1.82) is 0 Å². The highest BCUT2D eigenvalue weighted by molar-refractivity contribution is 8.00. The Balaban J connectivity index is 2.06. The quantitative estimate of drug-likeness (QED) is 0.602. The molecule has 1 unspecified atom stereocenters. The minimum atomic E-state index is 0.917. The SMILES string of the molecule is CNCC1CCCS1. The minimum Gasteiger partial charge on any atom is -0.319 e. The lowest BCUT2D eigenvalue weighted by Crippen LogP contribution is -2.18. The van der Waals surface area contributed by atoms with Crippen molar-refractivity contribution < 1.29 is 0 Å². The number of rotatable bonds is 2. The lowest BCUT2D eigenvalue weighted by molar-refractivity contribution is 0.710. The van der Waals surface area contributed by atoms with Gasteiger partial charge in [-0.15, -0.1) is 0 Å². The molecule has 0 aromatic rings. The summed E-state index contributed by atoms with van der Waals surface area (Å²) in [6, 6.07) is 0. The molecule has 48 valence electrons. The number of hydrogen-bond acceptors (Lipinski definition) is 2. The first-order valence-corrected chi connectivity index (χ1v) is 4.24. The van der Waals surface area contributed by atoms with Crippen molar-refractivity contribution in [1.82, 2.24) is 5.32 Å². The topological polar surface area (TPSA) is 12.0 Å². The molecular formula is C6H13NS. The summed E-state index contributed by atoms with van der Waals surface area (Å²) in [5, 5.41) is 4.11. The molecular weight excluding hydrogens is 118 g/mol. The van der Waals surface area contributed by atoms with Gasteiger partial charge in [0.05, 0.1) is 0 Å². The summed E-state index contributed by atoms with van der Waals surface area (Å²) in [4.78, 5) is 0. The van der Waals surface area contributed by atoms with Crippen molar-refractivity contribution in [2.45, 2.75) is 18.1 Å². The number of nitrogens with one attached hydrogen (secondary N) is 1. The highest BCUT2D eigenvalue weighted by Gasteiger charge is 2.13. The van der Waals surface area contributed by atoms with Crippen LogP contribution < -0.4 is 5.32 Å². The molecule has 0 aromatic carbocycles. The standard InChI is InChI=1S/C6H13NS/c1-7-5-6-3-2-4-8-6/h6-7H,2-5H2,1H3. The second-order valence-electron chi connectivity index (χ2n) is 2.19. The largest absolute Gasteiger partial charge is 0.319 e. The van der Waals surface area contributed by atoms with E-state index >= 15 is 0 Å². The molecule has 1 nitrogen and oxygen atoms in total. The third-order valence-corrected chi connectivity index (χ3v) is 2.85. The first-order valence-electron chi connectivity index (χ1n) is 3.19. The Morgan fingerprint density at radius 2 is 2.62 bits per heavy atom. The van der Waals surface area contributed by atoms with Gasteiger partial charge >= 0.3 is 0 Å². The monoisotopic (exact) mass is 131 g/mol. The lowest BCUT2D eigenvalue weighted by atomic mass is 10.2. The molecule has 0 aliphatic carbocycles. The average molecular weight is 131 g/mol. The van der Waals surface area contributed by atoms with Gasteiger partial charge in [0.1, 0.15) is 0 Å². The van der Waals surface area contributed by atoms with E-state index in [1.165, 1.54) is 25.1 Å². The zero-order valence-corrected chi connectivity index (χ0v) is 6.13. The van der Waals surface area contributed by atoms with Crippen LogP contribution in [0.15, 0.2) is 0 Å². The molecule has 0 saturated carbocycles.